The van der Waals surface area contributed by atoms with Crippen LogP contribution in [0, 0.1) is 10.1 Å². The average Bonchev–Trinajstić information content (AvgIpc) is 2.66. The second kappa shape index (κ2) is 9.91. The summed E-state index contributed by atoms with van der Waals surface area (Å²) in [7, 11) is 0. The van der Waals surface area contributed by atoms with E-state index in [2.05, 4.69) is 0 Å². The van der Waals surface area contributed by atoms with E-state index in [9.17, 15) is 14.9 Å². The molecule has 0 bridgehead atoms. The van der Waals surface area contributed by atoms with Crippen LogP contribution in [0.15, 0.2) is 60.7 Å². The van der Waals surface area contributed by atoms with Crippen LogP contribution >= 0.6 is 0 Å². The summed E-state index contributed by atoms with van der Waals surface area (Å²) < 4.78 is 10.4. The fraction of sp³-hybridized carbons (Fsp3) is 0.190. The van der Waals surface area contributed by atoms with E-state index >= 15 is 0 Å². The van der Waals surface area contributed by atoms with Crippen LogP contribution in [0.5, 0.6) is 5.75 Å². The van der Waals surface area contributed by atoms with Crippen molar-refractivity contribution < 1.29 is 19.2 Å². The zero-order chi connectivity index (χ0) is 19.6. The van der Waals surface area contributed by atoms with Crippen LogP contribution in [0.2, 0.25) is 0 Å². The fourth-order valence-electron chi connectivity index (χ4n) is 2.36. The van der Waals surface area contributed by atoms with Gasteiger partial charge in [-0.1, -0.05) is 42.5 Å². The molecule has 0 spiro atoms. The molecular weight excluding hydrogens is 346 g/mol. The number of carbonyl (C=O) groups is 1. The molecular formula is C21H21NO5. The van der Waals surface area contributed by atoms with E-state index in [1.54, 1.807) is 26.0 Å². The van der Waals surface area contributed by atoms with Crippen LogP contribution in [0.4, 0.5) is 5.69 Å². The van der Waals surface area contributed by atoms with Gasteiger partial charge in [0.1, 0.15) is 6.61 Å². The third kappa shape index (κ3) is 6.11. The van der Waals surface area contributed by atoms with E-state index in [0.29, 0.717) is 11.1 Å². The van der Waals surface area contributed by atoms with Crippen molar-refractivity contribution in [1.29, 1.82) is 0 Å². The monoisotopic (exact) mass is 367 g/mol. The quantitative estimate of drug-likeness (QED) is 0.294. The molecule has 0 amide bonds. The molecule has 140 valence electrons. The van der Waals surface area contributed by atoms with Crippen molar-refractivity contribution in [2.75, 3.05) is 13.2 Å². The molecule has 0 aliphatic rings. The SMILES string of the molecule is CCOC(=O)C=C(C)c1ccc(OC/C=C/c2ccccc2)c([N+](=O)[O-])c1. The maximum atomic E-state index is 11.5. The number of hydrogen-bond donors (Lipinski definition) is 0. The zero-order valence-electron chi connectivity index (χ0n) is 15.3. The Bertz CT molecular complexity index is 856. The molecule has 0 aromatic heterocycles. The number of nitrogens with zero attached hydrogens (tertiary/aromatic N) is 1. The normalized spacial score (nSPS) is 11.4. The van der Waals surface area contributed by atoms with Gasteiger partial charge in [0.05, 0.1) is 11.5 Å². The smallest absolute Gasteiger partial charge is 0.331 e. The lowest BCUT2D eigenvalue weighted by Crippen LogP contribution is -2.01. The van der Waals surface area contributed by atoms with Crippen molar-refractivity contribution in [3.05, 3.63) is 81.9 Å². The molecule has 0 aliphatic heterocycles. The van der Waals surface area contributed by atoms with Gasteiger partial charge < -0.3 is 9.47 Å². The third-order valence-electron chi connectivity index (χ3n) is 3.68. The fourth-order valence-corrected chi connectivity index (χ4v) is 2.36. The first-order valence-electron chi connectivity index (χ1n) is 8.49. The number of allylic oxidation sites excluding steroid dienone is 1. The lowest BCUT2D eigenvalue weighted by atomic mass is 10.1. The van der Waals surface area contributed by atoms with Crippen molar-refractivity contribution in [3.8, 4) is 5.75 Å². The van der Waals surface area contributed by atoms with Crippen molar-refractivity contribution >= 4 is 23.3 Å². The number of carbonyl (C=O) groups excluding carboxylic acids is 1. The highest BCUT2D eigenvalue weighted by Gasteiger charge is 2.16. The third-order valence-corrected chi connectivity index (χ3v) is 3.68. The number of rotatable bonds is 8. The Labute approximate surface area is 157 Å². The highest BCUT2D eigenvalue weighted by molar-refractivity contribution is 5.91. The average molecular weight is 367 g/mol. The second-order valence-electron chi connectivity index (χ2n) is 5.64. The summed E-state index contributed by atoms with van der Waals surface area (Å²) in [4.78, 5) is 22.4. The summed E-state index contributed by atoms with van der Waals surface area (Å²) in [6.45, 7) is 3.88. The zero-order valence-corrected chi connectivity index (χ0v) is 15.3. The van der Waals surface area contributed by atoms with Gasteiger partial charge in [0.25, 0.3) is 0 Å². The van der Waals surface area contributed by atoms with Crippen LogP contribution in [-0.2, 0) is 9.53 Å². The molecule has 6 nitrogen and oxygen atoms in total. The van der Waals surface area contributed by atoms with Crippen molar-refractivity contribution in [3.63, 3.8) is 0 Å². The standard InChI is InChI=1S/C21H21NO5/c1-3-26-21(23)14-16(2)18-11-12-20(19(15-18)22(24)25)27-13-7-10-17-8-5-4-6-9-17/h4-12,14-15H,3,13H2,1-2H3/b10-7+,16-14?. The Morgan fingerprint density at radius 1 is 1.19 bits per heavy atom. The largest absolute Gasteiger partial charge is 0.483 e. The molecule has 0 saturated heterocycles. The maximum Gasteiger partial charge on any atom is 0.331 e. The minimum absolute atomic E-state index is 0.155. The van der Waals surface area contributed by atoms with Gasteiger partial charge >= 0.3 is 11.7 Å². The van der Waals surface area contributed by atoms with Gasteiger partial charge in [0, 0.05) is 12.1 Å². The molecule has 0 aliphatic carbocycles. The van der Waals surface area contributed by atoms with Crippen molar-refractivity contribution in [1.82, 2.24) is 0 Å². The number of benzene rings is 2. The second-order valence-corrected chi connectivity index (χ2v) is 5.64. The van der Waals surface area contributed by atoms with E-state index in [4.69, 9.17) is 9.47 Å². The topological polar surface area (TPSA) is 78.7 Å². The molecule has 0 atom stereocenters. The van der Waals surface area contributed by atoms with Gasteiger partial charge in [-0.25, -0.2) is 4.79 Å². The molecule has 0 heterocycles. The molecule has 0 N–H and O–H groups in total. The Balaban J connectivity index is 2.12. The summed E-state index contributed by atoms with van der Waals surface area (Å²) in [6.07, 6.45) is 4.98. The van der Waals surface area contributed by atoms with Crippen molar-refractivity contribution in [2.45, 2.75) is 13.8 Å². The van der Waals surface area contributed by atoms with Gasteiger partial charge in [0.15, 0.2) is 5.75 Å². The van der Waals surface area contributed by atoms with Gasteiger partial charge in [-0.3, -0.25) is 10.1 Å². The molecule has 0 radical (unpaired) electrons. The lowest BCUT2D eigenvalue weighted by molar-refractivity contribution is -0.385. The lowest BCUT2D eigenvalue weighted by Gasteiger charge is -2.07. The van der Waals surface area contributed by atoms with E-state index < -0.39 is 10.9 Å². The first kappa shape index (κ1) is 19.9. The van der Waals surface area contributed by atoms with Gasteiger partial charge in [-0.05, 0) is 42.7 Å². The van der Waals surface area contributed by atoms with E-state index in [1.165, 1.54) is 18.2 Å². The Kier molecular flexibility index (Phi) is 7.31. The van der Waals surface area contributed by atoms with Gasteiger partial charge in [0.2, 0.25) is 0 Å². The van der Waals surface area contributed by atoms with Gasteiger partial charge in [-0.15, -0.1) is 0 Å². The summed E-state index contributed by atoms with van der Waals surface area (Å²) in [5, 5.41) is 11.4. The number of nitro benzene ring substituents is 1. The van der Waals surface area contributed by atoms with Crippen LogP contribution in [0.1, 0.15) is 25.0 Å². The van der Waals surface area contributed by atoms with Crippen LogP contribution in [0.3, 0.4) is 0 Å². The van der Waals surface area contributed by atoms with Crippen molar-refractivity contribution in [2.24, 2.45) is 0 Å². The summed E-state index contributed by atoms with van der Waals surface area (Å²) in [5.74, 6) is -0.311. The molecule has 0 saturated carbocycles. The van der Waals surface area contributed by atoms with Crippen LogP contribution < -0.4 is 4.74 Å². The van der Waals surface area contributed by atoms with Gasteiger partial charge in [-0.2, -0.15) is 0 Å². The van der Waals surface area contributed by atoms with E-state index in [-0.39, 0.29) is 24.7 Å². The Hall–Kier alpha value is -3.41. The maximum absolute atomic E-state index is 11.5. The first-order chi connectivity index (χ1) is 13.0. The molecule has 27 heavy (non-hydrogen) atoms. The number of nitro groups is 1. The summed E-state index contributed by atoms with van der Waals surface area (Å²) in [6, 6.07) is 14.3. The first-order valence-corrected chi connectivity index (χ1v) is 8.49. The minimum Gasteiger partial charge on any atom is -0.483 e. The number of hydrogen-bond acceptors (Lipinski definition) is 5. The predicted octanol–water partition coefficient (Wildman–Crippen LogP) is 4.65. The minimum atomic E-state index is -0.503. The molecule has 6 heteroatoms. The molecule has 2 aromatic carbocycles. The predicted molar refractivity (Wildman–Crippen MR) is 104 cm³/mol. The highest BCUT2D eigenvalue weighted by Crippen LogP contribution is 2.30. The van der Waals surface area contributed by atoms with E-state index in [0.717, 1.165) is 5.56 Å². The molecule has 0 unspecified atom stereocenters. The molecule has 2 aromatic rings. The van der Waals surface area contributed by atoms with Crippen LogP contribution in [-0.4, -0.2) is 24.1 Å². The number of esters is 1. The molecule has 2 rings (SSSR count). The number of ether oxygens (including phenoxy) is 2. The van der Waals surface area contributed by atoms with Crippen LogP contribution in [0.25, 0.3) is 11.6 Å². The van der Waals surface area contributed by atoms with E-state index in [1.807, 2.05) is 36.4 Å². The Morgan fingerprint density at radius 3 is 2.59 bits per heavy atom. The summed E-state index contributed by atoms with van der Waals surface area (Å²) >= 11 is 0. The Morgan fingerprint density at radius 2 is 1.93 bits per heavy atom. The summed E-state index contributed by atoms with van der Waals surface area (Å²) in [5.41, 5.74) is 2.00. The molecule has 0 fully saturated rings. The highest BCUT2D eigenvalue weighted by atomic mass is 16.6.